The molecule has 2 fully saturated rings. The standard InChI is InChI=1S/C28H26N8O2/c1-3-26(37)34-14-18-11-20(34)12-23(18)22-7-9-36-27(22)28(30-16-32-36)33-19-4-5-24(17(2)10-19)38-21-6-8-35-25(13-21)29-15-31-35/h3-10,13,15-16,18,20,23H,1,11-12,14H2,2H3,(H,30,32,33)/t18-,20-,23?/m1/s1. The average molecular weight is 507 g/mol. The van der Waals surface area contributed by atoms with Crippen molar-refractivity contribution in [3.63, 3.8) is 0 Å². The molecule has 10 heteroatoms. The fourth-order valence-electron chi connectivity index (χ4n) is 6.06. The van der Waals surface area contributed by atoms with Crippen LogP contribution in [0.15, 0.2) is 74.1 Å². The minimum absolute atomic E-state index is 0.0326. The highest BCUT2D eigenvalue weighted by Gasteiger charge is 2.47. The highest BCUT2D eigenvalue weighted by molar-refractivity contribution is 5.87. The van der Waals surface area contributed by atoms with Gasteiger partial charge in [-0.15, -0.1) is 0 Å². The summed E-state index contributed by atoms with van der Waals surface area (Å²) in [5.41, 5.74) is 4.83. The SMILES string of the molecule is C=CC(=O)N1C[C@H]2C[C@@H]1CC2c1ccn2ncnc(Nc3ccc(Oc4ccn5ncnc5c4)c(C)c3)c12. The van der Waals surface area contributed by atoms with Crippen molar-refractivity contribution >= 4 is 28.6 Å². The summed E-state index contributed by atoms with van der Waals surface area (Å²) in [4.78, 5) is 23.0. The molecule has 0 spiro atoms. The van der Waals surface area contributed by atoms with E-state index in [1.54, 1.807) is 10.8 Å². The van der Waals surface area contributed by atoms with Gasteiger partial charge in [-0.2, -0.15) is 10.2 Å². The Hall–Kier alpha value is -4.73. The van der Waals surface area contributed by atoms with Crippen LogP contribution in [0.5, 0.6) is 11.5 Å². The summed E-state index contributed by atoms with van der Waals surface area (Å²) in [6.07, 6.45) is 10.3. The van der Waals surface area contributed by atoms with Crippen LogP contribution in [0.1, 0.15) is 29.9 Å². The number of aryl methyl sites for hydroxylation is 1. The maximum atomic E-state index is 12.2. The van der Waals surface area contributed by atoms with Gasteiger partial charge in [0.25, 0.3) is 0 Å². The monoisotopic (exact) mass is 506 g/mol. The van der Waals surface area contributed by atoms with Crippen LogP contribution in [0.4, 0.5) is 11.5 Å². The molecule has 1 saturated carbocycles. The van der Waals surface area contributed by atoms with Gasteiger partial charge < -0.3 is 15.0 Å². The smallest absolute Gasteiger partial charge is 0.246 e. The fourth-order valence-corrected chi connectivity index (χ4v) is 6.06. The molecule has 5 aromatic rings. The number of fused-ring (bicyclic) bond motifs is 4. The number of rotatable bonds is 6. The van der Waals surface area contributed by atoms with Crippen molar-refractivity contribution in [3.05, 3.63) is 85.2 Å². The van der Waals surface area contributed by atoms with Crippen molar-refractivity contribution in [1.82, 2.24) is 34.1 Å². The van der Waals surface area contributed by atoms with E-state index in [1.807, 2.05) is 59.1 Å². The molecular formula is C28H26N8O2. The number of carbonyl (C=O) groups is 1. The van der Waals surface area contributed by atoms with Crippen molar-refractivity contribution in [3.8, 4) is 11.5 Å². The molecule has 1 aromatic carbocycles. The number of amides is 1. The Bertz CT molecular complexity index is 1710. The molecule has 5 heterocycles. The molecular weight excluding hydrogens is 480 g/mol. The van der Waals surface area contributed by atoms with Crippen LogP contribution in [-0.2, 0) is 4.79 Å². The van der Waals surface area contributed by atoms with Gasteiger partial charge in [-0.05, 0) is 79.1 Å². The zero-order valence-electron chi connectivity index (χ0n) is 20.9. The van der Waals surface area contributed by atoms with Crippen molar-refractivity contribution < 1.29 is 9.53 Å². The lowest BCUT2D eigenvalue weighted by Gasteiger charge is -2.31. The first-order chi connectivity index (χ1) is 18.6. The normalized spacial score (nSPS) is 20.3. The summed E-state index contributed by atoms with van der Waals surface area (Å²) in [6.45, 7) is 6.45. The third kappa shape index (κ3) is 3.68. The Balaban J connectivity index is 1.14. The van der Waals surface area contributed by atoms with Gasteiger partial charge in [0.15, 0.2) is 11.5 Å². The van der Waals surface area contributed by atoms with E-state index in [-0.39, 0.29) is 11.9 Å². The van der Waals surface area contributed by atoms with Gasteiger partial charge in [0.2, 0.25) is 5.91 Å². The first-order valence-corrected chi connectivity index (χ1v) is 12.7. The van der Waals surface area contributed by atoms with Gasteiger partial charge in [-0.3, -0.25) is 4.79 Å². The van der Waals surface area contributed by atoms with Gasteiger partial charge >= 0.3 is 0 Å². The number of hydrogen-bond donors (Lipinski definition) is 1. The molecule has 4 aromatic heterocycles. The third-order valence-electron chi connectivity index (χ3n) is 7.80. The van der Waals surface area contributed by atoms with Crippen LogP contribution in [-0.4, -0.2) is 52.6 Å². The number of nitrogens with one attached hydrogen (secondary N) is 1. The number of carbonyl (C=O) groups excluding carboxylic acids is 1. The van der Waals surface area contributed by atoms with Crippen LogP contribution in [0.2, 0.25) is 0 Å². The van der Waals surface area contributed by atoms with Crippen LogP contribution in [0, 0.1) is 12.8 Å². The number of pyridine rings is 1. The van der Waals surface area contributed by atoms with Gasteiger partial charge in [0.05, 0.1) is 0 Å². The zero-order chi connectivity index (χ0) is 25.8. The molecule has 10 nitrogen and oxygen atoms in total. The Morgan fingerprint density at radius 2 is 1.92 bits per heavy atom. The lowest BCUT2D eigenvalue weighted by atomic mass is 9.88. The molecule has 2 aliphatic rings. The Kier molecular flexibility index (Phi) is 5.14. The lowest BCUT2D eigenvalue weighted by molar-refractivity contribution is -0.127. The molecule has 1 saturated heterocycles. The molecule has 7 rings (SSSR count). The predicted octanol–water partition coefficient (Wildman–Crippen LogP) is 4.51. The number of nitrogens with zero attached hydrogens (tertiary/aromatic N) is 7. The maximum absolute atomic E-state index is 12.2. The minimum Gasteiger partial charge on any atom is -0.457 e. The van der Waals surface area contributed by atoms with E-state index in [9.17, 15) is 4.79 Å². The van der Waals surface area contributed by atoms with Gasteiger partial charge in [-0.25, -0.2) is 19.0 Å². The van der Waals surface area contributed by atoms with Crippen LogP contribution in [0.3, 0.4) is 0 Å². The molecule has 1 amide bonds. The second-order valence-electron chi connectivity index (χ2n) is 9.99. The highest BCUT2D eigenvalue weighted by Crippen LogP contribution is 2.49. The van der Waals surface area contributed by atoms with Crippen molar-refractivity contribution in [2.24, 2.45) is 5.92 Å². The van der Waals surface area contributed by atoms with Crippen molar-refractivity contribution in [2.75, 3.05) is 11.9 Å². The summed E-state index contributed by atoms with van der Waals surface area (Å²) >= 11 is 0. The first-order valence-electron chi connectivity index (χ1n) is 12.7. The number of benzene rings is 1. The van der Waals surface area contributed by atoms with E-state index in [1.165, 1.54) is 18.0 Å². The molecule has 2 bridgehead atoms. The van der Waals surface area contributed by atoms with Gasteiger partial charge in [-0.1, -0.05) is 6.58 Å². The first kappa shape index (κ1) is 22.5. The highest BCUT2D eigenvalue weighted by atomic mass is 16.5. The Morgan fingerprint density at radius 3 is 2.74 bits per heavy atom. The number of anilines is 2. The Morgan fingerprint density at radius 1 is 1.08 bits per heavy atom. The van der Waals surface area contributed by atoms with Gasteiger partial charge in [0.1, 0.15) is 29.7 Å². The van der Waals surface area contributed by atoms with Crippen molar-refractivity contribution in [1.29, 1.82) is 0 Å². The second-order valence-corrected chi connectivity index (χ2v) is 9.99. The van der Waals surface area contributed by atoms with Crippen molar-refractivity contribution in [2.45, 2.75) is 31.7 Å². The molecule has 190 valence electrons. The van der Waals surface area contributed by atoms with Gasteiger partial charge in [0, 0.05) is 36.7 Å². The quantitative estimate of drug-likeness (QED) is 0.338. The molecule has 1 unspecified atom stereocenters. The molecule has 1 aliphatic heterocycles. The fraction of sp³-hybridized carbons (Fsp3) is 0.250. The third-order valence-corrected chi connectivity index (χ3v) is 7.80. The molecule has 0 radical (unpaired) electrons. The topological polar surface area (TPSA) is 102 Å². The van der Waals surface area contributed by atoms with E-state index in [4.69, 9.17) is 4.74 Å². The molecule has 3 atom stereocenters. The summed E-state index contributed by atoms with van der Waals surface area (Å²) in [5, 5.41) is 12.1. The lowest BCUT2D eigenvalue weighted by Crippen LogP contribution is -2.38. The summed E-state index contributed by atoms with van der Waals surface area (Å²) in [5.74, 6) is 3.04. The number of ether oxygens (including phenoxy) is 1. The zero-order valence-corrected chi connectivity index (χ0v) is 20.9. The molecule has 38 heavy (non-hydrogen) atoms. The van der Waals surface area contributed by atoms with E-state index in [0.717, 1.165) is 53.4 Å². The van der Waals surface area contributed by atoms with E-state index >= 15 is 0 Å². The predicted molar refractivity (Wildman–Crippen MR) is 142 cm³/mol. The largest absolute Gasteiger partial charge is 0.457 e. The second kappa shape index (κ2) is 8.69. The van der Waals surface area contributed by atoms with Crippen LogP contribution < -0.4 is 10.1 Å². The maximum Gasteiger partial charge on any atom is 0.246 e. The minimum atomic E-state index is 0.0326. The average Bonchev–Trinajstić information content (AvgIpc) is 3.72. The number of hydrogen-bond acceptors (Lipinski definition) is 7. The Labute approximate surface area is 218 Å². The van der Waals surface area contributed by atoms with Crippen LogP contribution in [0.25, 0.3) is 11.2 Å². The summed E-state index contributed by atoms with van der Waals surface area (Å²) < 4.78 is 9.70. The number of piperidine rings is 1. The van der Waals surface area contributed by atoms with E-state index < -0.39 is 0 Å². The molecule has 1 N–H and O–H groups in total. The number of likely N-dealkylation sites (tertiary alicyclic amines) is 1. The number of aromatic nitrogens is 6. The van der Waals surface area contributed by atoms with E-state index in [2.05, 4.69) is 38.1 Å². The molecule has 1 aliphatic carbocycles. The summed E-state index contributed by atoms with van der Waals surface area (Å²) in [7, 11) is 0. The van der Waals surface area contributed by atoms with E-state index in [0.29, 0.717) is 17.6 Å². The van der Waals surface area contributed by atoms with Crippen LogP contribution >= 0.6 is 0 Å². The summed E-state index contributed by atoms with van der Waals surface area (Å²) in [6, 6.07) is 12.1.